The third-order valence-electron chi connectivity index (χ3n) is 4.99. The van der Waals surface area contributed by atoms with E-state index < -0.39 is 0 Å². The Bertz CT molecular complexity index is 819. The van der Waals surface area contributed by atoms with Gasteiger partial charge >= 0.3 is 0 Å². The fraction of sp³-hybridized carbons (Fsp3) is 0.318. The molecule has 2 aromatic carbocycles. The highest BCUT2D eigenvalue weighted by atomic mass is 127. The number of aliphatic imine (C=N–C) groups is 1. The predicted molar refractivity (Wildman–Crippen MR) is 126 cm³/mol. The van der Waals surface area contributed by atoms with Crippen molar-refractivity contribution in [3.8, 4) is 5.75 Å². The zero-order chi connectivity index (χ0) is 18.5. The minimum Gasteiger partial charge on any atom is -0.488 e. The highest BCUT2D eigenvalue weighted by Crippen LogP contribution is 2.27. The summed E-state index contributed by atoms with van der Waals surface area (Å²) in [4.78, 5) is 6.68. The summed E-state index contributed by atoms with van der Waals surface area (Å²) in [6, 6.07) is 16.9. The van der Waals surface area contributed by atoms with Crippen LogP contribution < -0.4 is 20.3 Å². The highest BCUT2D eigenvalue weighted by Gasteiger charge is 2.22. The van der Waals surface area contributed by atoms with Gasteiger partial charge in [-0.05, 0) is 29.3 Å². The number of nitrogens with one attached hydrogen (secondary N) is 2. The maximum atomic E-state index is 5.98. The number of hydrogen-bond donors (Lipinski definition) is 2. The predicted octanol–water partition coefficient (Wildman–Crippen LogP) is 3.35. The molecule has 0 radical (unpaired) electrons. The van der Waals surface area contributed by atoms with Crippen LogP contribution in [0.1, 0.15) is 11.1 Å². The standard InChI is InChI=1S/C22H26N4O.HI/c1-23-22(25-16-20-14-18-8-2-3-10-21(18)27-20)24-15-17-7-6-9-19(13-17)26-11-4-5-12-26;/h2-10,13,20H,11-12,14-16H2,1H3,(H2,23,24,25);1H. The lowest BCUT2D eigenvalue weighted by Crippen LogP contribution is -2.41. The van der Waals surface area contributed by atoms with Gasteiger partial charge < -0.3 is 20.3 Å². The lowest BCUT2D eigenvalue weighted by atomic mass is 10.1. The van der Waals surface area contributed by atoms with Crippen molar-refractivity contribution < 1.29 is 4.74 Å². The van der Waals surface area contributed by atoms with Crippen LogP contribution in [0, 0.1) is 0 Å². The van der Waals surface area contributed by atoms with E-state index in [1.54, 1.807) is 7.05 Å². The lowest BCUT2D eigenvalue weighted by molar-refractivity contribution is 0.235. The van der Waals surface area contributed by atoms with Gasteiger partial charge in [0.2, 0.25) is 0 Å². The second kappa shape index (κ2) is 9.82. The maximum Gasteiger partial charge on any atom is 0.191 e. The summed E-state index contributed by atoms with van der Waals surface area (Å²) < 4.78 is 5.98. The third kappa shape index (κ3) is 4.98. The van der Waals surface area contributed by atoms with Gasteiger partial charge in [-0.1, -0.05) is 42.5 Å². The molecule has 0 aliphatic carbocycles. The van der Waals surface area contributed by atoms with E-state index in [-0.39, 0.29) is 30.1 Å². The van der Waals surface area contributed by atoms with Crippen LogP contribution >= 0.6 is 24.0 Å². The number of anilines is 1. The molecule has 4 rings (SSSR count). The largest absolute Gasteiger partial charge is 0.488 e. The summed E-state index contributed by atoms with van der Waals surface area (Å²) in [5.41, 5.74) is 3.78. The van der Waals surface area contributed by atoms with Crippen molar-refractivity contribution in [2.75, 3.05) is 31.6 Å². The van der Waals surface area contributed by atoms with E-state index in [1.165, 1.54) is 16.8 Å². The molecule has 1 atom stereocenters. The Kier molecular flexibility index (Phi) is 7.19. The zero-order valence-electron chi connectivity index (χ0n) is 16.1. The molecular formula is C22H27IN4O. The Morgan fingerprint density at radius 3 is 2.71 bits per heavy atom. The first kappa shape index (κ1) is 20.5. The topological polar surface area (TPSA) is 48.9 Å². The number of hydrogen-bond acceptors (Lipinski definition) is 3. The van der Waals surface area contributed by atoms with Crippen molar-refractivity contribution >= 4 is 35.6 Å². The summed E-state index contributed by atoms with van der Waals surface area (Å²) in [7, 11) is 1.80. The number of guanidine groups is 1. The normalized spacial score (nSPS) is 17.7. The van der Waals surface area contributed by atoms with Crippen LogP contribution in [0.5, 0.6) is 5.75 Å². The summed E-state index contributed by atoms with van der Waals surface area (Å²) >= 11 is 0. The van der Waals surface area contributed by atoms with Crippen LogP contribution in [0.2, 0.25) is 0 Å². The molecule has 2 N–H and O–H groups in total. The van der Waals surface area contributed by atoms with E-state index in [1.807, 2.05) is 12.1 Å². The minimum atomic E-state index is 0. The monoisotopic (exact) mass is 490 g/mol. The Labute approximate surface area is 183 Å². The molecule has 5 nitrogen and oxygen atoms in total. The number of benzene rings is 2. The molecule has 0 aromatic heterocycles. The van der Waals surface area contributed by atoms with Crippen molar-refractivity contribution in [2.24, 2.45) is 4.99 Å². The fourth-order valence-electron chi connectivity index (χ4n) is 3.54. The molecule has 1 unspecified atom stereocenters. The summed E-state index contributed by atoms with van der Waals surface area (Å²) in [5.74, 6) is 1.79. The number of nitrogens with zero attached hydrogens (tertiary/aromatic N) is 2. The molecule has 2 aliphatic rings. The second-order valence-corrected chi connectivity index (χ2v) is 6.90. The van der Waals surface area contributed by atoms with Crippen molar-refractivity contribution in [2.45, 2.75) is 19.1 Å². The van der Waals surface area contributed by atoms with Crippen LogP contribution in [0.3, 0.4) is 0 Å². The first-order chi connectivity index (χ1) is 13.3. The SMILES string of the molecule is CN=C(NCc1cccc(N2CC=CC2)c1)NCC1Cc2ccccc2O1.I. The first-order valence-electron chi connectivity index (χ1n) is 9.50. The summed E-state index contributed by atoms with van der Waals surface area (Å²) in [6.45, 7) is 3.45. The number of rotatable bonds is 5. The van der Waals surface area contributed by atoms with E-state index in [4.69, 9.17) is 4.74 Å². The van der Waals surface area contributed by atoms with Gasteiger partial charge in [-0.25, -0.2) is 0 Å². The van der Waals surface area contributed by atoms with Crippen LogP contribution in [-0.2, 0) is 13.0 Å². The Morgan fingerprint density at radius 2 is 1.93 bits per heavy atom. The first-order valence-corrected chi connectivity index (χ1v) is 9.50. The molecule has 0 saturated heterocycles. The smallest absolute Gasteiger partial charge is 0.191 e. The molecule has 0 fully saturated rings. The zero-order valence-corrected chi connectivity index (χ0v) is 18.4. The maximum absolute atomic E-state index is 5.98. The number of fused-ring (bicyclic) bond motifs is 1. The van der Waals surface area contributed by atoms with Gasteiger partial charge in [0, 0.05) is 38.8 Å². The van der Waals surface area contributed by atoms with Crippen LogP contribution in [0.15, 0.2) is 65.7 Å². The Hall–Kier alpha value is -2.22. The molecule has 0 spiro atoms. The highest BCUT2D eigenvalue weighted by molar-refractivity contribution is 14.0. The quantitative estimate of drug-likeness (QED) is 0.292. The van der Waals surface area contributed by atoms with Crippen LogP contribution in [-0.4, -0.2) is 38.7 Å². The van der Waals surface area contributed by atoms with Gasteiger partial charge in [0.1, 0.15) is 11.9 Å². The molecular weight excluding hydrogens is 463 g/mol. The average Bonchev–Trinajstić information content (AvgIpc) is 3.38. The molecule has 0 amide bonds. The van der Waals surface area contributed by atoms with Crippen molar-refractivity contribution in [3.63, 3.8) is 0 Å². The summed E-state index contributed by atoms with van der Waals surface area (Å²) in [6.07, 6.45) is 5.50. The van der Waals surface area contributed by atoms with E-state index in [0.717, 1.165) is 44.3 Å². The second-order valence-electron chi connectivity index (χ2n) is 6.90. The molecule has 6 heteroatoms. The molecule has 2 heterocycles. The van der Waals surface area contributed by atoms with Gasteiger partial charge in [-0.3, -0.25) is 4.99 Å². The van der Waals surface area contributed by atoms with E-state index in [2.05, 4.69) is 69.1 Å². The molecule has 0 bridgehead atoms. The van der Waals surface area contributed by atoms with Crippen molar-refractivity contribution in [1.29, 1.82) is 0 Å². The average molecular weight is 490 g/mol. The molecule has 2 aliphatic heterocycles. The van der Waals surface area contributed by atoms with Gasteiger partial charge in [-0.15, -0.1) is 24.0 Å². The number of para-hydroxylation sites is 1. The number of halogens is 1. The molecule has 0 saturated carbocycles. The summed E-state index contributed by atoms with van der Waals surface area (Å²) in [5, 5.41) is 6.78. The van der Waals surface area contributed by atoms with Crippen molar-refractivity contribution in [3.05, 3.63) is 71.8 Å². The van der Waals surface area contributed by atoms with E-state index in [9.17, 15) is 0 Å². The van der Waals surface area contributed by atoms with Gasteiger partial charge in [0.15, 0.2) is 5.96 Å². The molecule has 148 valence electrons. The van der Waals surface area contributed by atoms with Gasteiger partial charge in [0.25, 0.3) is 0 Å². The minimum absolute atomic E-state index is 0. The molecule has 28 heavy (non-hydrogen) atoms. The van der Waals surface area contributed by atoms with Crippen LogP contribution in [0.4, 0.5) is 5.69 Å². The van der Waals surface area contributed by atoms with Crippen LogP contribution in [0.25, 0.3) is 0 Å². The fourth-order valence-corrected chi connectivity index (χ4v) is 3.54. The van der Waals surface area contributed by atoms with E-state index in [0.29, 0.717) is 0 Å². The Morgan fingerprint density at radius 1 is 1.11 bits per heavy atom. The van der Waals surface area contributed by atoms with Gasteiger partial charge in [0.05, 0.1) is 6.54 Å². The third-order valence-corrected chi connectivity index (χ3v) is 4.99. The van der Waals surface area contributed by atoms with Crippen molar-refractivity contribution in [1.82, 2.24) is 10.6 Å². The Balaban J connectivity index is 0.00000225. The number of ether oxygens (including phenoxy) is 1. The lowest BCUT2D eigenvalue weighted by Gasteiger charge is -2.19. The van der Waals surface area contributed by atoms with E-state index >= 15 is 0 Å². The van der Waals surface area contributed by atoms with Gasteiger partial charge in [-0.2, -0.15) is 0 Å². The molecule has 2 aromatic rings.